The highest BCUT2D eigenvalue weighted by Crippen LogP contribution is 2.28. The molecule has 1 heterocycles. The molecule has 0 saturated heterocycles. The Hall–Kier alpha value is -2.48. The Bertz CT molecular complexity index is 653. The van der Waals surface area contributed by atoms with Gasteiger partial charge >= 0.3 is 0 Å². The van der Waals surface area contributed by atoms with Crippen molar-refractivity contribution in [1.82, 2.24) is 9.78 Å². The van der Waals surface area contributed by atoms with Gasteiger partial charge in [-0.1, -0.05) is 17.7 Å². The number of hydrogen-bond acceptors (Lipinski definition) is 4. The maximum atomic E-state index is 9.15. The lowest BCUT2D eigenvalue weighted by Crippen LogP contribution is -2.07. The Morgan fingerprint density at radius 3 is 2.26 bits per heavy atom. The lowest BCUT2D eigenvalue weighted by Gasteiger charge is -2.12. The zero-order valence-corrected chi connectivity index (χ0v) is 11.6. The molecule has 0 fully saturated rings. The van der Waals surface area contributed by atoms with Crippen LogP contribution in [0.4, 0.5) is 11.6 Å². The lowest BCUT2D eigenvalue weighted by atomic mass is 10.1. The summed E-state index contributed by atoms with van der Waals surface area (Å²) < 4.78 is 1.63. The fourth-order valence-corrected chi connectivity index (χ4v) is 2.39. The summed E-state index contributed by atoms with van der Waals surface area (Å²) in [6, 6.07) is 6.24. The Balaban J connectivity index is 2.74. The molecular formula is C14H17N5. The van der Waals surface area contributed by atoms with E-state index in [0.717, 1.165) is 16.8 Å². The lowest BCUT2D eigenvalue weighted by molar-refractivity contribution is 0.876. The minimum Gasteiger partial charge on any atom is -0.382 e. The predicted molar refractivity (Wildman–Crippen MR) is 76.4 cm³/mol. The Labute approximate surface area is 112 Å². The smallest absolute Gasteiger partial charge is 0.168 e. The normalized spacial score (nSPS) is 10.3. The molecule has 0 atom stereocenters. The SMILES string of the molecule is CNc1nn(-c2c(C)cc(C)cc2C)c(N)c1C#N. The van der Waals surface area contributed by atoms with Gasteiger partial charge in [0.15, 0.2) is 5.82 Å². The largest absolute Gasteiger partial charge is 0.382 e. The number of aryl methyl sites for hydroxylation is 3. The van der Waals surface area contributed by atoms with Gasteiger partial charge in [-0.2, -0.15) is 5.26 Å². The molecule has 5 heteroatoms. The van der Waals surface area contributed by atoms with Gasteiger partial charge in [-0.3, -0.25) is 0 Å². The molecule has 0 radical (unpaired) electrons. The number of nitriles is 1. The molecule has 1 aromatic heterocycles. The van der Waals surface area contributed by atoms with Crippen molar-refractivity contribution in [1.29, 1.82) is 5.26 Å². The van der Waals surface area contributed by atoms with E-state index in [-0.39, 0.29) is 0 Å². The second kappa shape index (κ2) is 4.65. The first-order chi connectivity index (χ1) is 8.99. The zero-order valence-electron chi connectivity index (χ0n) is 11.6. The zero-order chi connectivity index (χ0) is 14.2. The number of nitrogens with zero attached hydrogens (tertiary/aromatic N) is 3. The van der Waals surface area contributed by atoms with Gasteiger partial charge in [-0.25, -0.2) is 4.68 Å². The summed E-state index contributed by atoms with van der Waals surface area (Å²) in [6.45, 7) is 6.08. The molecule has 1 aromatic carbocycles. The Kier molecular flexibility index (Phi) is 3.17. The molecule has 0 aliphatic carbocycles. The van der Waals surface area contributed by atoms with Gasteiger partial charge in [-0.05, 0) is 31.9 Å². The van der Waals surface area contributed by atoms with E-state index in [1.165, 1.54) is 5.56 Å². The molecule has 0 saturated carbocycles. The quantitative estimate of drug-likeness (QED) is 0.862. The van der Waals surface area contributed by atoms with E-state index in [2.05, 4.69) is 35.5 Å². The van der Waals surface area contributed by atoms with E-state index in [4.69, 9.17) is 11.0 Å². The molecule has 0 amide bonds. The first-order valence-electron chi connectivity index (χ1n) is 6.04. The first-order valence-corrected chi connectivity index (χ1v) is 6.04. The van der Waals surface area contributed by atoms with Crippen molar-refractivity contribution in [2.24, 2.45) is 0 Å². The van der Waals surface area contributed by atoms with Crippen LogP contribution in [0.3, 0.4) is 0 Å². The number of nitrogens with two attached hydrogens (primary N) is 1. The van der Waals surface area contributed by atoms with Crippen molar-refractivity contribution < 1.29 is 0 Å². The van der Waals surface area contributed by atoms with Gasteiger partial charge in [0.25, 0.3) is 0 Å². The van der Waals surface area contributed by atoms with Crippen LogP contribution in [0.15, 0.2) is 12.1 Å². The number of benzene rings is 1. The van der Waals surface area contributed by atoms with Gasteiger partial charge < -0.3 is 11.1 Å². The van der Waals surface area contributed by atoms with Gasteiger partial charge in [0.05, 0.1) is 5.69 Å². The van der Waals surface area contributed by atoms with Crippen LogP contribution >= 0.6 is 0 Å². The topological polar surface area (TPSA) is 79.7 Å². The van der Waals surface area contributed by atoms with Crippen LogP contribution in [0, 0.1) is 32.1 Å². The van der Waals surface area contributed by atoms with Crippen LogP contribution in [0.25, 0.3) is 5.69 Å². The number of hydrogen-bond donors (Lipinski definition) is 2. The minimum absolute atomic E-state index is 0.363. The number of nitrogen functional groups attached to an aromatic ring is 1. The number of nitrogens with one attached hydrogen (secondary N) is 1. The molecule has 0 unspecified atom stereocenters. The van der Waals surface area contributed by atoms with Crippen LogP contribution in [0.1, 0.15) is 22.3 Å². The van der Waals surface area contributed by atoms with Gasteiger partial charge in [0.1, 0.15) is 17.5 Å². The average molecular weight is 255 g/mol. The molecule has 0 spiro atoms. The van der Waals surface area contributed by atoms with Gasteiger partial charge in [0, 0.05) is 7.05 Å². The third-order valence-electron chi connectivity index (χ3n) is 3.12. The highest BCUT2D eigenvalue weighted by atomic mass is 15.3. The van der Waals surface area contributed by atoms with Crippen molar-refractivity contribution in [2.75, 3.05) is 18.1 Å². The van der Waals surface area contributed by atoms with Crippen molar-refractivity contribution in [3.8, 4) is 11.8 Å². The molecule has 2 aromatic rings. The maximum absolute atomic E-state index is 9.15. The number of aromatic nitrogens is 2. The van der Waals surface area contributed by atoms with Crippen molar-refractivity contribution in [2.45, 2.75) is 20.8 Å². The van der Waals surface area contributed by atoms with E-state index in [0.29, 0.717) is 17.2 Å². The van der Waals surface area contributed by atoms with Crippen molar-refractivity contribution in [3.63, 3.8) is 0 Å². The van der Waals surface area contributed by atoms with E-state index in [1.807, 2.05) is 13.8 Å². The molecule has 0 bridgehead atoms. The number of rotatable bonds is 2. The van der Waals surface area contributed by atoms with Crippen LogP contribution in [0.2, 0.25) is 0 Å². The molecule has 19 heavy (non-hydrogen) atoms. The second-order valence-electron chi connectivity index (χ2n) is 4.63. The Morgan fingerprint density at radius 1 is 1.26 bits per heavy atom. The third-order valence-corrected chi connectivity index (χ3v) is 3.12. The average Bonchev–Trinajstić information content (AvgIpc) is 2.65. The van der Waals surface area contributed by atoms with Crippen molar-refractivity contribution >= 4 is 11.6 Å². The summed E-state index contributed by atoms with van der Waals surface area (Å²) in [4.78, 5) is 0. The highest BCUT2D eigenvalue weighted by molar-refractivity contribution is 5.67. The molecule has 3 N–H and O–H groups in total. The molecule has 0 aliphatic rings. The number of anilines is 2. The summed E-state index contributed by atoms with van der Waals surface area (Å²) in [5.41, 5.74) is 10.7. The van der Waals surface area contributed by atoms with Crippen LogP contribution < -0.4 is 11.1 Å². The Morgan fingerprint density at radius 2 is 1.84 bits per heavy atom. The molecular weight excluding hydrogens is 238 g/mol. The minimum atomic E-state index is 0.363. The molecule has 98 valence electrons. The summed E-state index contributed by atoms with van der Waals surface area (Å²) >= 11 is 0. The monoisotopic (exact) mass is 255 g/mol. The fourth-order valence-electron chi connectivity index (χ4n) is 2.39. The van der Waals surface area contributed by atoms with Crippen LogP contribution in [0.5, 0.6) is 0 Å². The summed E-state index contributed by atoms with van der Waals surface area (Å²) in [5, 5.41) is 16.4. The highest BCUT2D eigenvalue weighted by Gasteiger charge is 2.18. The van der Waals surface area contributed by atoms with Crippen LogP contribution in [-0.2, 0) is 0 Å². The molecule has 0 aliphatic heterocycles. The maximum Gasteiger partial charge on any atom is 0.168 e. The standard InChI is InChI=1S/C14H17N5/c1-8-5-9(2)12(10(3)6-8)19-13(16)11(7-15)14(17-4)18-19/h5-6H,16H2,1-4H3,(H,17,18). The van der Waals surface area contributed by atoms with Crippen molar-refractivity contribution in [3.05, 3.63) is 34.4 Å². The van der Waals surface area contributed by atoms with E-state index in [9.17, 15) is 0 Å². The van der Waals surface area contributed by atoms with Crippen LogP contribution in [-0.4, -0.2) is 16.8 Å². The van der Waals surface area contributed by atoms with E-state index in [1.54, 1.807) is 11.7 Å². The first kappa shape index (κ1) is 13.0. The van der Waals surface area contributed by atoms with E-state index >= 15 is 0 Å². The predicted octanol–water partition coefficient (Wildman–Crippen LogP) is 2.29. The molecule has 5 nitrogen and oxygen atoms in total. The van der Waals surface area contributed by atoms with Gasteiger partial charge in [-0.15, -0.1) is 5.10 Å². The molecule has 2 rings (SSSR count). The second-order valence-corrected chi connectivity index (χ2v) is 4.63. The fraction of sp³-hybridized carbons (Fsp3) is 0.286. The summed E-state index contributed by atoms with van der Waals surface area (Å²) in [6.07, 6.45) is 0. The van der Waals surface area contributed by atoms with E-state index < -0.39 is 0 Å². The van der Waals surface area contributed by atoms with Gasteiger partial charge in [0.2, 0.25) is 0 Å². The summed E-state index contributed by atoms with van der Waals surface area (Å²) in [5.74, 6) is 0.862. The summed E-state index contributed by atoms with van der Waals surface area (Å²) in [7, 11) is 1.72. The third kappa shape index (κ3) is 2.02.